The lowest BCUT2D eigenvalue weighted by Gasteiger charge is -2.22. The highest BCUT2D eigenvalue weighted by atomic mass is 19.1. The third kappa shape index (κ3) is 5.85. The minimum absolute atomic E-state index is 0.244. The summed E-state index contributed by atoms with van der Waals surface area (Å²) < 4.78 is 21.0. The molecule has 0 spiro atoms. The lowest BCUT2D eigenvalue weighted by atomic mass is 9.98. The highest BCUT2D eigenvalue weighted by Gasteiger charge is 2.19. The smallest absolute Gasteiger partial charge is 0.161 e. The number of nitrogens with one attached hydrogen (secondary N) is 3. The summed E-state index contributed by atoms with van der Waals surface area (Å²) in [6, 6.07) is 16.8. The van der Waals surface area contributed by atoms with Gasteiger partial charge in [-0.15, -0.1) is 0 Å². The summed E-state index contributed by atoms with van der Waals surface area (Å²) in [6.45, 7) is 1.55. The molecule has 9 nitrogen and oxygen atoms in total. The number of pyridine rings is 2. The van der Waals surface area contributed by atoms with E-state index >= 15 is 0 Å². The monoisotopic (exact) mass is 590 g/mol. The standard InChI is InChI=1S/C34H35FN8O/c1-43(2)14-13-37-24-16-21(15-23(35)18-24)27-9-6-10-29-31(27)40-34(39-29)33-32-30(41-42-33)12-11-28(38-32)22-17-26(20-36-19-22)44-25-7-4-3-5-8-25/h6,9-12,15-20,25,37H,3-5,7-8,13-14H2,1-2H3,(H,39,40)(H,41,42). The largest absolute Gasteiger partial charge is 0.489 e. The number of para-hydroxylation sites is 1. The first-order valence-electron chi connectivity index (χ1n) is 15.2. The molecular formula is C34H35FN8O. The number of hydrogen-bond acceptors (Lipinski definition) is 7. The summed E-state index contributed by atoms with van der Waals surface area (Å²) in [5.41, 5.74) is 7.61. The SMILES string of the molecule is CN(C)CCNc1cc(F)cc(-c2cccc3[nH]c(-c4n[nH]c5ccc(-c6cncc(OC7CCCCC7)c6)nc45)nc23)c1. The van der Waals surface area contributed by atoms with Gasteiger partial charge in [-0.2, -0.15) is 5.10 Å². The van der Waals surface area contributed by atoms with Crippen LogP contribution in [0.3, 0.4) is 0 Å². The second-order valence-electron chi connectivity index (χ2n) is 11.7. The van der Waals surface area contributed by atoms with Crippen LogP contribution in [-0.4, -0.2) is 68.3 Å². The van der Waals surface area contributed by atoms with Crippen molar-refractivity contribution in [1.29, 1.82) is 0 Å². The number of ether oxygens (including phenoxy) is 1. The number of hydrogen-bond donors (Lipinski definition) is 3. The maximum atomic E-state index is 14.7. The molecule has 1 aliphatic rings. The molecule has 0 unspecified atom stereocenters. The topological polar surface area (TPSA) is 108 Å². The zero-order valence-corrected chi connectivity index (χ0v) is 24.9. The van der Waals surface area contributed by atoms with Gasteiger partial charge < -0.3 is 19.9 Å². The number of benzene rings is 2. The zero-order valence-electron chi connectivity index (χ0n) is 24.9. The Bertz CT molecular complexity index is 1920. The Morgan fingerprint density at radius 1 is 0.932 bits per heavy atom. The molecule has 2 aromatic carbocycles. The van der Waals surface area contributed by atoms with Crippen molar-refractivity contribution in [3.05, 3.63) is 72.8 Å². The lowest BCUT2D eigenvalue weighted by molar-refractivity contribution is 0.154. The van der Waals surface area contributed by atoms with Gasteiger partial charge in [0.2, 0.25) is 0 Å². The fourth-order valence-corrected chi connectivity index (χ4v) is 5.87. The molecule has 4 heterocycles. The van der Waals surface area contributed by atoms with Crippen LogP contribution < -0.4 is 10.1 Å². The number of nitrogens with zero attached hydrogens (tertiary/aromatic N) is 5. The fraction of sp³-hybridized carbons (Fsp3) is 0.294. The van der Waals surface area contributed by atoms with Crippen LogP contribution in [0.5, 0.6) is 5.75 Å². The van der Waals surface area contributed by atoms with Crippen LogP contribution in [0.25, 0.3) is 56.0 Å². The molecule has 1 aliphatic carbocycles. The van der Waals surface area contributed by atoms with Crippen molar-refractivity contribution in [3.8, 4) is 39.7 Å². The first-order chi connectivity index (χ1) is 21.5. The third-order valence-electron chi connectivity index (χ3n) is 8.11. The first kappa shape index (κ1) is 28.0. The number of halogens is 1. The molecule has 0 amide bonds. The summed E-state index contributed by atoms with van der Waals surface area (Å²) in [6.07, 6.45) is 9.68. The predicted molar refractivity (Wildman–Crippen MR) is 172 cm³/mol. The number of likely N-dealkylation sites (N-methyl/N-ethyl adjacent to an activating group) is 1. The van der Waals surface area contributed by atoms with E-state index in [0.717, 1.165) is 69.8 Å². The van der Waals surface area contributed by atoms with E-state index in [1.165, 1.54) is 31.4 Å². The Morgan fingerprint density at radius 3 is 2.68 bits per heavy atom. The molecule has 44 heavy (non-hydrogen) atoms. The average Bonchev–Trinajstić information content (AvgIpc) is 3.65. The molecule has 3 N–H and O–H groups in total. The van der Waals surface area contributed by atoms with Gasteiger partial charge in [-0.3, -0.25) is 10.1 Å². The van der Waals surface area contributed by atoms with Crippen LogP contribution in [0.4, 0.5) is 10.1 Å². The average molecular weight is 591 g/mol. The molecule has 1 saturated carbocycles. The Morgan fingerprint density at radius 2 is 1.82 bits per heavy atom. The number of imidazole rings is 1. The number of fused-ring (bicyclic) bond motifs is 2. The van der Waals surface area contributed by atoms with E-state index in [4.69, 9.17) is 14.7 Å². The van der Waals surface area contributed by atoms with E-state index in [-0.39, 0.29) is 11.9 Å². The minimum Gasteiger partial charge on any atom is -0.489 e. The van der Waals surface area contributed by atoms with Gasteiger partial charge in [0.05, 0.1) is 34.5 Å². The number of aromatic amines is 2. The molecule has 7 rings (SSSR count). The van der Waals surface area contributed by atoms with E-state index in [2.05, 4.69) is 30.4 Å². The quantitative estimate of drug-likeness (QED) is 0.166. The Labute approximate surface area is 254 Å². The fourth-order valence-electron chi connectivity index (χ4n) is 5.87. The molecule has 10 heteroatoms. The highest BCUT2D eigenvalue weighted by Crippen LogP contribution is 2.34. The molecule has 224 valence electrons. The lowest BCUT2D eigenvalue weighted by Crippen LogP contribution is -2.20. The summed E-state index contributed by atoms with van der Waals surface area (Å²) in [5.74, 6) is 1.04. The van der Waals surface area contributed by atoms with Crippen molar-refractivity contribution in [3.63, 3.8) is 0 Å². The van der Waals surface area contributed by atoms with Crippen molar-refractivity contribution >= 4 is 27.8 Å². The van der Waals surface area contributed by atoms with E-state index in [1.54, 1.807) is 12.4 Å². The van der Waals surface area contributed by atoms with Gasteiger partial charge in [0.15, 0.2) is 11.5 Å². The van der Waals surface area contributed by atoms with E-state index < -0.39 is 0 Å². The summed E-state index contributed by atoms with van der Waals surface area (Å²) >= 11 is 0. The molecule has 0 radical (unpaired) electrons. The number of H-pyrrole nitrogens is 2. The van der Waals surface area contributed by atoms with Crippen molar-refractivity contribution in [2.45, 2.75) is 38.2 Å². The zero-order chi connectivity index (χ0) is 30.0. The van der Waals surface area contributed by atoms with Gasteiger partial charge in [-0.05, 0) is 87.8 Å². The van der Waals surface area contributed by atoms with Crippen molar-refractivity contribution in [2.75, 3.05) is 32.5 Å². The van der Waals surface area contributed by atoms with Crippen LogP contribution in [-0.2, 0) is 0 Å². The molecular weight excluding hydrogens is 555 g/mol. The van der Waals surface area contributed by atoms with E-state index in [0.29, 0.717) is 23.6 Å². The highest BCUT2D eigenvalue weighted by molar-refractivity contribution is 5.96. The molecule has 4 aromatic heterocycles. The molecule has 0 saturated heterocycles. The first-order valence-corrected chi connectivity index (χ1v) is 15.2. The molecule has 0 bridgehead atoms. The van der Waals surface area contributed by atoms with Gasteiger partial charge in [0.1, 0.15) is 17.1 Å². The molecule has 0 aliphatic heterocycles. The summed E-state index contributed by atoms with van der Waals surface area (Å²) in [4.78, 5) is 19.8. The van der Waals surface area contributed by atoms with Gasteiger partial charge >= 0.3 is 0 Å². The Kier molecular flexibility index (Phi) is 7.66. The van der Waals surface area contributed by atoms with Crippen LogP contribution in [0, 0.1) is 5.82 Å². The van der Waals surface area contributed by atoms with Gasteiger partial charge in [0.25, 0.3) is 0 Å². The summed E-state index contributed by atoms with van der Waals surface area (Å²) in [7, 11) is 4.02. The van der Waals surface area contributed by atoms with Gasteiger partial charge in [-0.25, -0.2) is 14.4 Å². The third-order valence-corrected chi connectivity index (χ3v) is 8.11. The molecule has 0 atom stereocenters. The Balaban J connectivity index is 1.21. The summed E-state index contributed by atoms with van der Waals surface area (Å²) in [5, 5.41) is 11.0. The number of anilines is 1. The maximum Gasteiger partial charge on any atom is 0.161 e. The Hall–Kier alpha value is -4.83. The van der Waals surface area contributed by atoms with Crippen molar-refractivity contribution in [2.24, 2.45) is 0 Å². The number of aromatic nitrogens is 6. The predicted octanol–water partition coefficient (Wildman–Crippen LogP) is 7.05. The normalized spacial score (nSPS) is 14.1. The minimum atomic E-state index is -0.305. The van der Waals surface area contributed by atoms with Gasteiger partial charge in [0, 0.05) is 36.1 Å². The maximum absolute atomic E-state index is 14.7. The van der Waals surface area contributed by atoms with Crippen LogP contribution in [0.15, 0.2) is 67.0 Å². The molecule has 6 aromatic rings. The second kappa shape index (κ2) is 12.0. The van der Waals surface area contributed by atoms with Crippen LogP contribution in [0.2, 0.25) is 0 Å². The van der Waals surface area contributed by atoms with Crippen LogP contribution in [0.1, 0.15) is 32.1 Å². The van der Waals surface area contributed by atoms with Crippen molar-refractivity contribution in [1.82, 2.24) is 35.0 Å². The van der Waals surface area contributed by atoms with Crippen molar-refractivity contribution < 1.29 is 9.13 Å². The van der Waals surface area contributed by atoms with E-state index in [9.17, 15) is 4.39 Å². The number of rotatable bonds is 9. The van der Waals surface area contributed by atoms with Gasteiger partial charge in [-0.1, -0.05) is 18.6 Å². The molecule has 1 fully saturated rings. The second-order valence-corrected chi connectivity index (χ2v) is 11.7. The van der Waals surface area contributed by atoms with Crippen LogP contribution >= 0.6 is 0 Å². The van der Waals surface area contributed by atoms with E-state index in [1.807, 2.05) is 56.6 Å².